The van der Waals surface area contributed by atoms with Crippen molar-refractivity contribution in [2.75, 3.05) is 7.11 Å². The van der Waals surface area contributed by atoms with E-state index < -0.39 is 0 Å². The SMILES string of the molecule is COC1(c2ccccc2)CCC(C2CCC(=O)CC2)[C@H](C)C1. The molecular weight excluding hydrogens is 272 g/mol. The molecule has 2 aliphatic carbocycles. The number of benzene rings is 1. The van der Waals surface area contributed by atoms with Crippen LogP contribution in [0.15, 0.2) is 30.3 Å². The fourth-order valence-corrected chi connectivity index (χ4v) is 4.86. The van der Waals surface area contributed by atoms with Gasteiger partial charge in [0, 0.05) is 20.0 Å². The summed E-state index contributed by atoms with van der Waals surface area (Å²) in [5.74, 6) is 2.64. The molecule has 2 heteroatoms. The van der Waals surface area contributed by atoms with E-state index in [0.717, 1.165) is 50.4 Å². The first kappa shape index (κ1) is 15.7. The Balaban J connectivity index is 1.72. The van der Waals surface area contributed by atoms with Crippen molar-refractivity contribution in [2.45, 2.75) is 57.5 Å². The van der Waals surface area contributed by atoms with E-state index in [2.05, 4.69) is 37.3 Å². The van der Waals surface area contributed by atoms with Gasteiger partial charge in [0.25, 0.3) is 0 Å². The summed E-state index contributed by atoms with van der Waals surface area (Å²) in [5.41, 5.74) is 1.21. The van der Waals surface area contributed by atoms with Crippen LogP contribution in [0.2, 0.25) is 0 Å². The highest BCUT2D eigenvalue weighted by molar-refractivity contribution is 5.79. The van der Waals surface area contributed by atoms with Gasteiger partial charge in [0.2, 0.25) is 0 Å². The number of rotatable bonds is 3. The molecule has 0 bridgehead atoms. The molecule has 0 N–H and O–H groups in total. The van der Waals surface area contributed by atoms with Crippen molar-refractivity contribution in [3.8, 4) is 0 Å². The van der Waals surface area contributed by atoms with Crippen LogP contribution < -0.4 is 0 Å². The molecule has 2 unspecified atom stereocenters. The van der Waals surface area contributed by atoms with Gasteiger partial charge in [0.05, 0.1) is 5.60 Å². The summed E-state index contributed by atoms with van der Waals surface area (Å²) in [5, 5.41) is 0. The number of ether oxygens (including phenoxy) is 1. The Morgan fingerprint density at radius 3 is 2.36 bits per heavy atom. The summed E-state index contributed by atoms with van der Waals surface area (Å²) in [6.45, 7) is 2.39. The minimum atomic E-state index is -0.109. The second-order valence-corrected chi connectivity index (χ2v) is 7.32. The van der Waals surface area contributed by atoms with E-state index in [4.69, 9.17) is 4.74 Å². The number of ketones is 1. The van der Waals surface area contributed by atoms with E-state index in [-0.39, 0.29) is 5.60 Å². The van der Waals surface area contributed by atoms with Gasteiger partial charge in [-0.15, -0.1) is 0 Å². The van der Waals surface area contributed by atoms with E-state index in [1.807, 2.05) is 7.11 Å². The molecule has 22 heavy (non-hydrogen) atoms. The van der Waals surface area contributed by atoms with E-state index in [1.165, 1.54) is 12.0 Å². The molecule has 2 aliphatic rings. The van der Waals surface area contributed by atoms with Gasteiger partial charge in [0.1, 0.15) is 5.78 Å². The average Bonchev–Trinajstić information content (AvgIpc) is 2.56. The molecule has 0 radical (unpaired) electrons. The third kappa shape index (κ3) is 2.99. The lowest BCUT2D eigenvalue weighted by Crippen LogP contribution is -2.40. The smallest absolute Gasteiger partial charge is 0.132 e. The van der Waals surface area contributed by atoms with Gasteiger partial charge in [-0.3, -0.25) is 4.79 Å². The van der Waals surface area contributed by atoms with Crippen LogP contribution in [-0.2, 0) is 15.1 Å². The molecule has 0 heterocycles. The fraction of sp³-hybridized carbons (Fsp3) is 0.650. The molecule has 2 nitrogen and oxygen atoms in total. The lowest BCUT2D eigenvalue weighted by molar-refractivity contribution is -0.122. The molecule has 2 fully saturated rings. The zero-order valence-electron chi connectivity index (χ0n) is 13.9. The van der Waals surface area contributed by atoms with Gasteiger partial charge in [0.15, 0.2) is 0 Å². The van der Waals surface area contributed by atoms with Gasteiger partial charge in [-0.1, -0.05) is 37.3 Å². The number of carbonyl (C=O) groups excluding carboxylic acids is 1. The molecule has 0 saturated heterocycles. The first-order valence-electron chi connectivity index (χ1n) is 8.77. The average molecular weight is 300 g/mol. The normalized spacial score (nSPS) is 33.8. The molecule has 0 spiro atoms. The number of methoxy groups -OCH3 is 1. The van der Waals surface area contributed by atoms with Crippen LogP contribution in [0, 0.1) is 17.8 Å². The van der Waals surface area contributed by atoms with Crippen LogP contribution in [-0.4, -0.2) is 12.9 Å². The lowest BCUT2D eigenvalue weighted by Gasteiger charge is -2.46. The standard InChI is InChI=1S/C20H28O2/c1-15-14-20(22-2,17-6-4-3-5-7-17)13-12-19(15)16-8-10-18(21)11-9-16/h3-7,15-16,19H,8-14H2,1-2H3/t15-,19?,20?/m1/s1. The summed E-state index contributed by atoms with van der Waals surface area (Å²) in [6, 6.07) is 10.7. The van der Waals surface area contributed by atoms with Crippen LogP contribution in [0.5, 0.6) is 0 Å². The largest absolute Gasteiger partial charge is 0.374 e. The number of hydrogen-bond donors (Lipinski definition) is 0. The third-order valence-electron chi connectivity index (χ3n) is 6.15. The Labute approximate surface area is 134 Å². The molecule has 1 aromatic rings. The zero-order chi connectivity index (χ0) is 15.6. The molecule has 0 amide bonds. The Morgan fingerprint density at radius 2 is 1.77 bits per heavy atom. The van der Waals surface area contributed by atoms with Crippen molar-refractivity contribution in [3.05, 3.63) is 35.9 Å². The van der Waals surface area contributed by atoms with Gasteiger partial charge < -0.3 is 4.74 Å². The molecule has 1 aromatic carbocycles. The molecular formula is C20H28O2. The Hall–Kier alpha value is -1.15. The maximum atomic E-state index is 11.5. The van der Waals surface area contributed by atoms with Gasteiger partial charge in [-0.05, 0) is 55.4 Å². The second-order valence-electron chi connectivity index (χ2n) is 7.32. The highest BCUT2D eigenvalue weighted by Crippen LogP contribution is 2.49. The van der Waals surface area contributed by atoms with Crippen molar-refractivity contribution in [1.29, 1.82) is 0 Å². The minimum Gasteiger partial charge on any atom is -0.374 e. The first-order chi connectivity index (χ1) is 10.6. The number of Topliss-reactive ketones (excluding diaryl/α,β-unsaturated/α-hetero) is 1. The molecule has 0 aliphatic heterocycles. The topological polar surface area (TPSA) is 26.3 Å². The zero-order valence-corrected chi connectivity index (χ0v) is 13.9. The summed E-state index contributed by atoms with van der Waals surface area (Å²) in [7, 11) is 1.86. The van der Waals surface area contributed by atoms with Crippen LogP contribution in [0.4, 0.5) is 0 Å². The quantitative estimate of drug-likeness (QED) is 0.807. The predicted molar refractivity (Wildman–Crippen MR) is 88.6 cm³/mol. The Kier molecular flexibility index (Phi) is 4.67. The third-order valence-corrected chi connectivity index (χ3v) is 6.15. The Morgan fingerprint density at radius 1 is 1.09 bits per heavy atom. The molecule has 120 valence electrons. The highest BCUT2D eigenvalue weighted by atomic mass is 16.5. The highest BCUT2D eigenvalue weighted by Gasteiger charge is 2.43. The maximum absolute atomic E-state index is 11.5. The van der Waals surface area contributed by atoms with E-state index in [1.54, 1.807) is 0 Å². The van der Waals surface area contributed by atoms with Crippen molar-refractivity contribution in [3.63, 3.8) is 0 Å². The van der Waals surface area contributed by atoms with Crippen LogP contribution in [0.1, 0.15) is 57.4 Å². The van der Waals surface area contributed by atoms with E-state index in [9.17, 15) is 4.79 Å². The maximum Gasteiger partial charge on any atom is 0.132 e. The summed E-state index contributed by atoms with van der Waals surface area (Å²) < 4.78 is 6.03. The van der Waals surface area contributed by atoms with Gasteiger partial charge in [-0.2, -0.15) is 0 Å². The summed E-state index contributed by atoms with van der Waals surface area (Å²) in [4.78, 5) is 11.5. The van der Waals surface area contributed by atoms with E-state index in [0.29, 0.717) is 11.7 Å². The van der Waals surface area contributed by atoms with Gasteiger partial charge >= 0.3 is 0 Å². The molecule has 3 atom stereocenters. The fourth-order valence-electron chi connectivity index (χ4n) is 4.86. The Bertz CT molecular complexity index is 500. The summed E-state index contributed by atoms with van der Waals surface area (Å²) >= 11 is 0. The number of carbonyl (C=O) groups is 1. The van der Waals surface area contributed by atoms with Crippen LogP contribution in [0.3, 0.4) is 0 Å². The molecule has 2 saturated carbocycles. The first-order valence-corrected chi connectivity index (χ1v) is 8.77. The van der Waals surface area contributed by atoms with Crippen molar-refractivity contribution in [2.24, 2.45) is 17.8 Å². The molecule has 3 rings (SSSR count). The van der Waals surface area contributed by atoms with Crippen molar-refractivity contribution in [1.82, 2.24) is 0 Å². The predicted octanol–water partition coefficient (Wildman–Crippen LogP) is 4.72. The van der Waals surface area contributed by atoms with Gasteiger partial charge in [-0.25, -0.2) is 0 Å². The van der Waals surface area contributed by atoms with Crippen LogP contribution >= 0.6 is 0 Å². The monoisotopic (exact) mass is 300 g/mol. The lowest BCUT2D eigenvalue weighted by atomic mass is 9.63. The summed E-state index contributed by atoms with van der Waals surface area (Å²) in [6.07, 6.45) is 7.26. The minimum absolute atomic E-state index is 0.109. The molecule has 0 aromatic heterocycles. The van der Waals surface area contributed by atoms with Crippen molar-refractivity contribution >= 4 is 5.78 Å². The van der Waals surface area contributed by atoms with Crippen molar-refractivity contribution < 1.29 is 9.53 Å². The number of hydrogen-bond acceptors (Lipinski definition) is 2. The van der Waals surface area contributed by atoms with E-state index >= 15 is 0 Å². The second kappa shape index (κ2) is 6.54. The van der Waals surface area contributed by atoms with Crippen LogP contribution in [0.25, 0.3) is 0 Å².